The van der Waals surface area contributed by atoms with Crippen LogP contribution in [0.5, 0.6) is 40.2 Å². The van der Waals surface area contributed by atoms with Crippen molar-refractivity contribution in [1.82, 2.24) is 0 Å². The van der Waals surface area contributed by atoms with Crippen LogP contribution in [0.2, 0.25) is 0 Å². The lowest BCUT2D eigenvalue weighted by Crippen LogP contribution is -2.34. The highest BCUT2D eigenvalue weighted by Gasteiger charge is 2.40. The Morgan fingerprint density at radius 1 is 0.941 bits per heavy atom. The minimum absolute atomic E-state index is 0.0333. The van der Waals surface area contributed by atoms with E-state index in [0.717, 1.165) is 18.2 Å². The first kappa shape index (κ1) is 22.9. The maximum absolute atomic E-state index is 11.3. The fraction of sp³-hybridized carbons (Fsp3) is 0.286. The summed E-state index contributed by atoms with van der Waals surface area (Å²) in [4.78, 5) is 11.3. The van der Waals surface area contributed by atoms with Crippen LogP contribution in [0, 0.1) is 0 Å². The summed E-state index contributed by atoms with van der Waals surface area (Å²) in [5, 5.41) is 89.5. The molecule has 4 atom stereocenters. The molecule has 0 bridgehead atoms. The summed E-state index contributed by atoms with van der Waals surface area (Å²) in [6.45, 7) is -0.683. The Bertz CT molecular complexity index is 1160. The average Bonchev–Trinajstić information content (AvgIpc) is 3.04. The van der Waals surface area contributed by atoms with Gasteiger partial charge in [-0.25, -0.2) is 4.79 Å². The Hall–Kier alpha value is -4.23. The van der Waals surface area contributed by atoms with E-state index in [-0.39, 0.29) is 29.0 Å². The summed E-state index contributed by atoms with van der Waals surface area (Å²) in [7, 11) is 0. The number of fused-ring (bicyclic) bond motifs is 1. The number of aliphatic hydroxyl groups excluding tert-OH is 4. The molecule has 13 heteroatoms. The van der Waals surface area contributed by atoms with Gasteiger partial charge in [0.2, 0.25) is 11.5 Å². The van der Waals surface area contributed by atoms with Crippen LogP contribution in [0.15, 0.2) is 29.7 Å². The van der Waals surface area contributed by atoms with Crippen molar-refractivity contribution in [3.8, 4) is 40.2 Å². The van der Waals surface area contributed by atoms with E-state index in [1.807, 2.05) is 0 Å². The maximum Gasteiger partial charge on any atom is 0.377 e. The van der Waals surface area contributed by atoms with Gasteiger partial charge in [0.05, 0.1) is 6.10 Å². The van der Waals surface area contributed by atoms with Crippen LogP contribution in [-0.4, -0.2) is 76.8 Å². The summed E-state index contributed by atoms with van der Waals surface area (Å²) in [5.74, 6) is -7.03. The van der Waals surface area contributed by atoms with Gasteiger partial charge >= 0.3 is 5.97 Å². The van der Waals surface area contributed by atoms with Crippen LogP contribution in [0.25, 0.3) is 0 Å². The van der Waals surface area contributed by atoms with Gasteiger partial charge in [0, 0.05) is 23.6 Å². The molecular formula is C21H20O13. The molecule has 4 rings (SSSR count). The van der Waals surface area contributed by atoms with E-state index < -0.39 is 77.3 Å². The van der Waals surface area contributed by atoms with Crippen LogP contribution >= 0.6 is 0 Å². The third kappa shape index (κ3) is 3.76. The number of carbonyl (C=O) groups excluding carboxylic acids is 1. The summed E-state index contributed by atoms with van der Waals surface area (Å²) in [6, 6.07) is 2.99. The van der Waals surface area contributed by atoms with Crippen molar-refractivity contribution in [2.45, 2.75) is 30.8 Å². The van der Waals surface area contributed by atoms with Gasteiger partial charge in [-0.3, -0.25) is 0 Å². The number of cyclic esters (lactones) is 1. The number of esters is 1. The molecule has 1 unspecified atom stereocenters. The molecule has 2 heterocycles. The van der Waals surface area contributed by atoms with Gasteiger partial charge in [0.1, 0.15) is 18.5 Å². The monoisotopic (exact) mass is 480 g/mol. The van der Waals surface area contributed by atoms with Gasteiger partial charge < -0.3 is 60.2 Å². The van der Waals surface area contributed by atoms with E-state index in [2.05, 4.69) is 4.74 Å². The van der Waals surface area contributed by atoms with Gasteiger partial charge in [-0.1, -0.05) is 0 Å². The SMILES string of the molecule is O=C1OC([C@@H](O)COc2c(O)cc(O)c3c2O[C@@H](c2cc(O)c(O)c(O)c2)[C@@H](O)C3)C(O)=C1O. The Kier molecular flexibility index (Phi) is 5.59. The number of aromatic hydroxyl groups is 5. The first-order valence-electron chi connectivity index (χ1n) is 9.80. The van der Waals surface area contributed by atoms with Crippen LogP contribution in [0.4, 0.5) is 0 Å². The number of phenolic OH excluding ortho intramolecular Hbond substituents is 5. The van der Waals surface area contributed by atoms with Crippen molar-refractivity contribution in [3.63, 3.8) is 0 Å². The standard InChI is InChI=1S/C21H20O13/c22-8-4-12(26)20(32-5-13(27)19-15(29)16(30)21(31)34-19)18-7(8)3-11(25)17(33-18)6-1-9(23)14(28)10(24)2-6/h1-2,4,11,13,17,19,22-30H,3,5H2/t11-,13-,17-,19?/m0/s1. The van der Waals surface area contributed by atoms with E-state index in [1.165, 1.54) is 0 Å². The Labute approximate surface area is 190 Å². The number of benzene rings is 2. The lowest BCUT2D eigenvalue weighted by Gasteiger charge is -2.33. The maximum atomic E-state index is 11.3. The molecule has 9 N–H and O–H groups in total. The van der Waals surface area contributed by atoms with E-state index in [9.17, 15) is 50.8 Å². The first-order valence-corrected chi connectivity index (χ1v) is 9.80. The highest BCUT2D eigenvalue weighted by atomic mass is 16.6. The molecule has 0 saturated heterocycles. The van der Waals surface area contributed by atoms with Gasteiger partial charge in [0.15, 0.2) is 46.7 Å². The summed E-state index contributed by atoms with van der Waals surface area (Å²) in [5.41, 5.74) is 0.0779. The minimum Gasteiger partial charge on any atom is -0.507 e. The molecule has 2 aliphatic rings. The predicted octanol–water partition coefficient (Wildman–Crippen LogP) is 0.244. The largest absolute Gasteiger partial charge is 0.507 e. The topological polar surface area (TPSA) is 227 Å². The zero-order chi connectivity index (χ0) is 24.9. The van der Waals surface area contributed by atoms with Gasteiger partial charge in [-0.2, -0.15) is 0 Å². The molecular weight excluding hydrogens is 460 g/mol. The van der Waals surface area contributed by atoms with Crippen molar-refractivity contribution in [1.29, 1.82) is 0 Å². The normalized spacial score (nSPS) is 22.6. The second kappa shape index (κ2) is 8.28. The molecule has 0 radical (unpaired) electrons. The van der Waals surface area contributed by atoms with Crippen molar-refractivity contribution >= 4 is 5.97 Å². The Balaban J connectivity index is 1.63. The second-order valence-electron chi connectivity index (χ2n) is 7.71. The van der Waals surface area contributed by atoms with E-state index >= 15 is 0 Å². The Morgan fingerprint density at radius 2 is 1.59 bits per heavy atom. The van der Waals surface area contributed by atoms with Crippen molar-refractivity contribution in [2.75, 3.05) is 6.61 Å². The summed E-state index contributed by atoms with van der Waals surface area (Å²) in [6.07, 6.45) is -6.08. The average molecular weight is 480 g/mol. The van der Waals surface area contributed by atoms with Crippen LogP contribution in [0.3, 0.4) is 0 Å². The van der Waals surface area contributed by atoms with E-state index in [0.29, 0.717) is 0 Å². The van der Waals surface area contributed by atoms with Crippen LogP contribution < -0.4 is 9.47 Å². The summed E-state index contributed by atoms with van der Waals surface area (Å²) < 4.78 is 15.8. The molecule has 0 fully saturated rings. The number of carbonyl (C=O) groups is 1. The lowest BCUT2D eigenvalue weighted by atomic mass is 9.93. The summed E-state index contributed by atoms with van der Waals surface area (Å²) >= 11 is 0. The number of hydrogen-bond donors (Lipinski definition) is 9. The molecule has 13 nitrogen and oxygen atoms in total. The number of ether oxygens (including phenoxy) is 3. The molecule has 34 heavy (non-hydrogen) atoms. The van der Waals surface area contributed by atoms with Gasteiger partial charge in [-0.15, -0.1) is 0 Å². The highest BCUT2D eigenvalue weighted by Crippen LogP contribution is 2.51. The molecule has 0 amide bonds. The lowest BCUT2D eigenvalue weighted by molar-refractivity contribution is -0.147. The zero-order valence-corrected chi connectivity index (χ0v) is 17.1. The third-order valence-electron chi connectivity index (χ3n) is 5.41. The molecule has 0 saturated carbocycles. The van der Waals surface area contributed by atoms with Gasteiger partial charge in [0.25, 0.3) is 0 Å². The predicted molar refractivity (Wildman–Crippen MR) is 108 cm³/mol. The smallest absolute Gasteiger partial charge is 0.377 e. The minimum atomic E-state index is -1.69. The number of aliphatic hydroxyl groups is 4. The van der Waals surface area contributed by atoms with Crippen LogP contribution in [0.1, 0.15) is 17.2 Å². The number of phenols is 5. The quantitative estimate of drug-likeness (QED) is 0.207. The van der Waals surface area contributed by atoms with E-state index in [1.54, 1.807) is 0 Å². The second-order valence-corrected chi connectivity index (χ2v) is 7.71. The van der Waals surface area contributed by atoms with Crippen molar-refractivity contribution in [2.24, 2.45) is 0 Å². The number of rotatable bonds is 5. The highest BCUT2D eigenvalue weighted by molar-refractivity contribution is 5.89. The third-order valence-corrected chi connectivity index (χ3v) is 5.41. The fourth-order valence-corrected chi connectivity index (χ4v) is 3.70. The zero-order valence-electron chi connectivity index (χ0n) is 17.1. The van der Waals surface area contributed by atoms with E-state index in [4.69, 9.17) is 9.47 Å². The van der Waals surface area contributed by atoms with Crippen molar-refractivity contribution < 1.29 is 65.0 Å². The molecule has 0 aliphatic carbocycles. The van der Waals surface area contributed by atoms with Gasteiger partial charge in [-0.05, 0) is 12.1 Å². The van der Waals surface area contributed by atoms with Crippen LogP contribution in [-0.2, 0) is 16.0 Å². The fourth-order valence-electron chi connectivity index (χ4n) is 3.70. The van der Waals surface area contributed by atoms with Crippen molar-refractivity contribution in [3.05, 3.63) is 40.8 Å². The molecule has 2 aliphatic heterocycles. The Morgan fingerprint density at radius 3 is 2.18 bits per heavy atom. The number of hydrogen-bond acceptors (Lipinski definition) is 13. The molecule has 2 aromatic carbocycles. The molecule has 182 valence electrons. The molecule has 2 aromatic rings. The molecule has 0 spiro atoms. The first-order chi connectivity index (χ1) is 16.0. The molecule has 0 aromatic heterocycles.